The van der Waals surface area contributed by atoms with E-state index < -0.39 is 46.6 Å². The topological polar surface area (TPSA) is 29.1 Å². The molecule has 1 aliphatic carbocycles. The lowest BCUT2D eigenvalue weighted by Crippen LogP contribution is -2.20. The van der Waals surface area contributed by atoms with Crippen LogP contribution in [-0.2, 0) is 11.0 Å². The van der Waals surface area contributed by atoms with Crippen molar-refractivity contribution in [1.29, 1.82) is 0 Å². The zero-order valence-electron chi connectivity index (χ0n) is 13.1. The first-order chi connectivity index (χ1) is 11.6. The van der Waals surface area contributed by atoms with Crippen molar-refractivity contribution in [2.75, 3.05) is 5.32 Å². The molecule has 1 N–H and O–H groups in total. The summed E-state index contributed by atoms with van der Waals surface area (Å²) in [4.78, 5) is 11.8. The van der Waals surface area contributed by atoms with E-state index in [0.717, 1.165) is 32.1 Å². The number of amides is 1. The van der Waals surface area contributed by atoms with E-state index in [0.29, 0.717) is 6.42 Å². The number of benzene rings is 1. The van der Waals surface area contributed by atoms with Crippen LogP contribution in [0, 0.1) is 29.2 Å². The molecule has 2 rings (SSSR count). The molecule has 1 saturated carbocycles. The van der Waals surface area contributed by atoms with Gasteiger partial charge in [-0.15, -0.1) is 0 Å². The van der Waals surface area contributed by atoms with Crippen LogP contribution in [0.2, 0.25) is 0 Å². The molecule has 0 aliphatic heterocycles. The molecule has 0 unspecified atom stereocenters. The fourth-order valence-electron chi connectivity index (χ4n) is 3.00. The predicted octanol–water partition coefficient (Wildman–Crippen LogP) is 5.56. The highest BCUT2D eigenvalue weighted by molar-refractivity contribution is 5.91. The summed E-state index contributed by atoms with van der Waals surface area (Å²) in [6.45, 7) is 0. The van der Waals surface area contributed by atoms with E-state index in [1.807, 2.05) is 0 Å². The van der Waals surface area contributed by atoms with Crippen LogP contribution in [0.1, 0.15) is 50.5 Å². The fraction of sp³-hybridized carbons (Fsp3) is 0.562. The van der Waals surface area contributed by atoms with Crippen molar-refractivity contribution in [3.05, 3.63) is 28.8 Å². The van der Waals surface area contributed by atoms with E-state index in [1.165, 1.54) is 0 Å². The van der Waals surface area contributed by atoms with Crippen molar-refractivity contribution in [2.24, 2.45) is 5.92 Å². The van der Waals surface area contributed by atoms with Crippen molar-refractivity contribution in [2.45, 2.75) is 51.1 Å². The molecule has 0 saturated heterocycles. The lowest BCUT2D eigenvalue weighted by Gasteiger charge is -2.21. The van der Waals surface area contributed by atoms with Crippen molar-refractivity contribution in [3.63, 3.8) is 0 Å². The zero-order chi connectivity index (χ0) is 18.8. The smallest absolute Gasteiger partial charge is 0.321 e. The Labute approximate surface area is 139 Å². The van der Waals surface area contributed by atoms with Crippen LogP contribution in [0.5, 0.6) is 0 Å². The second kappa shape index (κ2) is 7.61. The lowest BCUT2D eigenvalue weighted by atomic mass is 9.86. The number of halogens is 7. The summed E-state index contributed by atoms with van der Waals surface area (Å²) in [5, 5.41) is 1.64. The van der Waals surface area contributed by atoms with Gasteiger partial charge < -0.3 is 5.32 Å². The highest BCUT2D eigenvalue weighted by Crippen LogP contribution is 2.38. The monoisotopic (exact) mass is 371 g/mol. The van der Waals surface area contributed by atoms with Gasteiger partial charge in [-0.3, -0.25) is 4.79 Å². The molecule has 2 nitrogen and oxygen atoms in total. The third-order valence-electron chi connectivity index (χ3n) is 4.32. The Morgan fingerprint density at radius 2 is 1.44 bits per heavy atom. The minimum atomic E-state index is -5.61. The van der Waals surface area contributed by atoms with Crippen LogP contribution in [0.25, 0.3) is 0 Å². The Balaban J connectivity index is 2.15. The number of carbonyl (C=O) groups is 1. The van der Waals surface area contributed by atoms with Crippen molar-refractivity contribution in [1.82, 2.24) is 0 Å². The van der Waals surface area contributed by atoms with Gasteiger partial charge in [0, 0.05) is 6.42 Å². The van der Waals surface area contributed by atoms with Crippen molar-refractivity contribution < 1.29 is 35.5 Å². The average Bonchev–Trinajstić information content (AvgIpc) is 2.55. The Morgan fingerprint density at radius 3 is 1.92 bits per heavy atom. The highest BCUT2D eigenvalue weighted by Gasteiger charge is 2.42. The molecular formula is C16H16F7NO. The largest absolute Gasteiger partial charge is 0.422 e. The van der Waals surface area contributed by atoms with E-state index in [2.05, 4.69) is 0 Å². The number of carbonyl (C=O) groups excluding carboxylic acids is 1. The maximum atomic E-state index is 13.7. The number of rotatable bonds is 4. The van der Waals surface area contributed by atoms with E-state index in [-0.39, 0.29) is 12.3 Å². The molecule has 1 amide bonds. The minimum Gasteiger partial charge on any atom is -0.321 e. The second-order valence-corrected chi connectivity index (χ2v) is 6.09. The Kier molecular flexibility index (Phi) is 5.95. The molecule has 25 heavy (non-hydrogen) atoms. The number of alkyl halides is 3. The molecule has 0 heterocycles. The Morgan fingerprint density at radius 1 is 0.920 bits per heavy atom. The van der Waals surface area contributed by atoms with Gasteiger partial charge in [-0.25, -0.2) is 17.6 Å². The van der Waals surface area contributed by atoms with Gasteiger partial charge in [0.25, 0.3) is 0 Å². The Hall–Kier alpha value is -1.80. The summed E-state index contributed by atoms with van der Waals surface area (Å²) >= 11 is 0. The van der Waals surface area contributed by atoms with E-state index in [1.54, 1.807) is 5.32 Å². The molecular weight excluding hydrogens is 355 g/mol. The van der Waals surface area contributed by atoms with Gasteiger partial charge in [0.05, 0.1) is 0 Å². The SMILES string of the molecule is O=C(CCC1CCCCC1)Nc1c(F)c(F)c(C(F)(F)F)c(F)c1F. The van der Waals surface area contributed by atoms with Gasteiger partial charge >= 0.3 is 6.18 Å². The predicted molar refractivity (Wildman–Crippen MR) is 75.7 cm³/mol. The maximum Gasteiger partial charge on any atom is 0.422 e. The zero-order valence-corrected chi connectivity index (χ0v) is 13.1. The summed E-state index contributed by atoms with van der Waals surface area (Å²) in [6, 6.07) is 0. The summed E-state index contributed by atoms with van der Waals surface area (Å²) in [5.74, 6) is -10.4. The number of nitrogens with one attached hydrogen (secondary N) is 1. The molecule has 0 atom stereocenters. The van der Waals surface area contributed by atoms with Gasteiger partial charge in [0.15, 0.2) is 23.3 Å². The summed E-state index contributed by atoms with van der Waals surface area (Å²) in [7, 11) is 0. The van der Waals surface area contributed by atoms with Crippen LogP contribution in [0.3, 0.4) is 0 Å². The standard InChI is InChI=1S/C16H16F7NO/c17-11-10(16(21,22)23)12(18)14(20)15(13(11)19)24-9(25)7-6-8-4-2-1-3-5-8/h8H,1-7H2,(H,24,25). The molecule has 1 aromatic rings. The third-order valence-corrected chi connectivity index (χ3v) is 4.32. The summed E-state index contributed by atoms with van der Waals surface area (Å²) in [6.07, 6.45) is -0.355. The molecule has 0 spiro atoms. The van der Waals surface area contributed by atoms with Gasteiger partial charge in [0.1, 0.15) is 11.3 Å². The Bertz CT molecular complexity index is 622. The number of hydrogen-bond acceptors (Lipinski definition) is 1. The molecule has 0 radical (unpaired) electrons. The average molecular weight is 371 g/mol. The molecule has 0 bridgehead atoms. The van der Waals surface area contributed by atoms with E-state index >= 15 is 0 Å². The first-order valence-corrected chi connectivity index (χ1v) is 7.86. The molecule has 1 aromatic carbocycles. The van der Waals surface area contributed by atoms with Gasteiger partial charge in [-0.05, 0) is 12.3 Å². The van der Waals surface area contributed by atoms with Gasteiger partial charge in [-0.2, -0.15) is 13.2 Å². The highest BCUT2D eigenvalue weighted by atomic mass is 19.4. The summed E-state index contributed by atoms with van der Waals surface area (Å²) in [5.41, 5.74) is -4.21. The van der Waals surface area contributed by atoms with Gasteiger partial charge in [-0.1, -0.05) is 32.1 Å². The third kappa shape index (κ3) is 4.43. The first kappa shape index (κ1) is 19.5. The van der Waals surface area contributed by atoms with Crippen LogP contribution >= 0.6 is 0 Å². The van der Waals surface area contributed by atoms with Crippen LogP contribution in [-0.4, -0.2) is 5.91 Å². The number of hydrogen-bond donors (Lipinski definition) is 1. The van der Waals surface area contributed by atoms with Crippen molar-refractivity contribution >= 4 is 11.6 Å². The van der Waals surface area contributed by atoms with Crippen LogP contribution in [0.4, 0.5) is 36.4 Å². The van der Waals surface area contributed by atoms with Crippen LogP contribution < -0.4 is 5.32 Å². The lowest BCUT2D eigenvalue weighted by molar-refractivity contribution is -0.143. The van der Waals surface area contributed by atoms with Crippen LogP contribution in [0.15, 0.2) is 0 Å². The molecule has 1 fully saturated rings. The maximum absolute atomic E-state index is 13.7. The molecule has 9 heteroatoms. The van der Waals surface area contributed by atoms with Crippen molar-refractivity contribution in [3.8, 4) is 0 Å². The first-order valence-electron chi connectivity index (χ1n) is 7.86. The molecule has 140 valence electrons. The molecule has 1 aliphatic rings. The van der Waals surface area contributed by atoms with E-state index in [4.69, 9.17) is 0 Å². The van der Waals surface area contributed by atoms with E-state index in [9.17, 15) is 35.5 Å². The minimum absolute atomic E-state index is 0.145. The van der Waals surface area contributed by atoms with Gasteiger partial charge in [0.2, 0.25) is 5.91 Å². The quantitative estimate of drug-likeness (QED) is 0.545. The normalized spacial score (nSPS) is 16.1. The second-order valence-electron chi connectivity index (χ2n) is 6.09. The fourth-order valence-corrected chi connectivity index (χ4v) is 3.00. The molecule has 0 aromatic heterocycles. The summed E-state index contributed by atoms with van der Waals surface area (Å²) < 4.78 is 91.8. The number of anilines is 1.